The van der Waals surface area contributed by atoms with Gasteiger partial charge in [0.05, 0.1) is 18.2 Å². The first-order valence-electron chi connectivity index (χ1n) is 8.39. The molecular formula is C18H26N4O. The van der Waals surface area contributed by atoms with Gasteiger partial charge in [-0.25, -0.2) is 9.97 Å². The highest BCUT2D eigenvalue weighted by Crippen LogP contribution is 2.17. The quantitative estimate of drug-likeness (QED) is 0.933. The number of β-amino-alcohol motifs (C(OH)–C–C–N with tert-alkyl or cyclic N) is 1. The predicted octanol–water partition coefficient (Wildman–Crippen LogP) is 1.83. The molecule has 1 aliphatic rings. The number of fused-ring (bicyclic) bond motifs is 1. The van der Waals surface area contributed by atoms with Crippen molar-refractivity contribution in [1.82, 2.24) is 19.8 Å². The maximum absolute atomic E-state index is 9.58. The Hall–Kier alpha value is -1.56. The van der Waals surface area contributed by atoms with Gasteiger partial charge < -0.3 is 5.11 Å². The van der Waals surface area contributed by atoms with E-state index in [0.29, 0.717) is 6.04 Å². The number of nitrogens with zero attached hydrogens (tertiary/aromatic N) is 4. The molecule has 5 heteroatoms. The van der Waals surface area contributed by atoms with E-state index in [1.54, 1.807) is 0 Å². The van der Waals surface area contributed by atoms with E-state index in [1.807, 2.05) is 19.1 Å². The van der Waals surface area contributed by atoms with Gasteiger partial charge in [-0.15, -0.1) is 0 Å². The predicted molar refractivity (Wildman–Crippen MR) is 92.3 cm³/mol. The van der Waals surface area contributed by atoms with Gasteiger partial charge in [0.25, 0.3) is 0 Å². The van der Waals surface area contributed by atoms with E-state index in [0.717, 1.165) is 55.1 Å². The van der Waals surface area contributed by atoms with Crippen LogP contribution in [0.1, 0.15) is 25.4 Å². The fourth-order valence-electron chi connectivity index (χ4n) is 3.39. The van der Waals surface area contributed by atoms with E-state index < -0.39 is 0 Å². The molecule has 1 fully saturated rings. The number of aryl methyl sites for hydroxylation is 1. The van der Waals surface area contributed by atoms with Gasteiger partial charge in [-0.05, 0) is 26.8 Å². The largest absolute Gasteiger partial charge is 0.392 e. The number of aliphatic hydroxyl groups is 1. The summed E-state index contributed by atoms with van der Waals surface area (Å²) >= 11 is 0. The summed E-state index contributed by atoms with van der Waals surface area (Å²) in [4.78, 5) is 14.2. The van der Waals surface area contributed by atoms with Gasteiger partial charge in [0.1, 0.15) is 5.82 Å². The number of benzene rings is 1. The highest BCUT2D eigenvalue weighted by molar-refractivity contribution is 5.80. The van der Waals surface area contributed by atoms with Gasteiger partial charge >= 0.3 is 0 Å². The van der Waals surface area contributed by atoms with Crippen LogP contribution < -0.4 is 0 Å². The van der Waals surface area contributed by atoms with Crippen LogP contribution in [0.5, 0.6) is 0 Å². The minimum atomic E-state index is -0.268. The van der Waals surface area contributed by atoms with Crippen LogP contribution in [-0.2, 0) is 6.54 Å². The number of para-hydroxylation sites is 1. The van der Waals surface area contributed by atoms with Crippen molar-refractivity contribution >= 4 is 10.9 Å². The van der Waals surface area contributed by atoms with E-state index in [9.17, 15) is 5.11 Å². The minimum Gasteiger partial charge on any atom is -0.392 e. The number of aromatic nitrogens is 2. The molecule has 0 amide bonds. The molecule has 0 saturated carbocycles. The lowest BCUT2D eigenvalue weighted by atomic mass is 10.1. The summed E-state index contributed by atoms with van der Waals surface area (Å²) in [6, 6.07) is 8.62. The van der Waals surface area contributed by atoms with Crippen LogP contribution in [0.25, 0.3) is 10.9 Å². The van der Waals surface area contributed by atoms with E-state index >= 15 is 0 Å². The SMILES string of the molecule is Cc1nc(CN2CCN(CC(C)O)C(C)C2)nc2ccccc12. The highest BCUT2D eigenvalue weighted by Gasteiger charge is 2.24. The van der Waals surface area contributed by atoms with Crippen molar-refractivity contribution in [1.29, 1.82) is 0 Å². The Labute approximate surface area is 138 Å². The Morgan fingerprint density at radius 2 is 2.04 bits per heavy atom. The first kappa shape index (κ1) is 16.3. The lowest BCUT2D eigenvalue weighted by Crippen LogP contribution is -2.53. The van der Waals surface area contributed by atoms with Crippen molar-refractivity contribution in [2.24, 2.45) is 0 Å². The van der Waals surface area contributed by atoms with Crippen molar-refractivity contribution < 1.29 is 5.11 Å². The average Bonchev–Trinajstić information content (AvgIpc) is 2.50. The molecule has 2 unspecified atom stereocenters. The highest BCUT2D eigenvalue weighted by atomic mass is 16.3. The molecule has 1 N–H and O–H groups in total. The lowest BCUT2D eigenvalue weighted by Gasteiger charge is -2.40. The number of rotatable bonds is 4. The second-order valence-electron chi connectivity index (χ2n) is 6.67. The standard InChI is InChI=1S/C18H26N4O/c1-13-10-21(8-9-22(13)11-14(2)23)12-18-19-15(3)16-6-4-5-7-17(16)20-18/h4-7,13-14,23H,8-12H2,1-3H3. The summed E-state index contributed by atoms with van der Waals surface area (Å²) in [5.74, 6) is 0.900. The zero-order valence-electron chi connectivity index (χ0n) is 14.2. The van der Waals surface area contributed by atoms with Gasteiger partial charge in [0.2, 0.25) is 0 Å². The molecule has 0 spiro atoms. The molecule has 1 saturated heterocycles. The fraction of sp³-hybridized carbons (Fsp3) is 0.556. The van der Waals surface area contributed by atoms with Crippen molar-refractivity contribution in [2.45, 2.75) is 39.5 Å². The summed E-state index contributed by atoms with van der Waals surface area (Å²) in [5.41, 5.74) is 2.07. The molecule has 2 heterocycles. The van der Waals surface area contributed by atoms with Gasteiger partial charge in [-0.3, -0.25) is 9.80 Å². The van der Waals surface area contributed by atoms with Gasteiger partial charge in [0, 0.05) is 43.3 Å². The molecule has 23 heavy (non-hydrogen) atoms. The molecule has 3 rings (SSSR count). The van der Waals surface area contributed by atoms with Gasteiger partial charge in [-0.2, -0.15) is 0 Å². The van der Waals surface area contributed by atoms with Crippen LogP contribution in [0, 0.1) is 6.92 Å². The molecule has 0 aliphatic carbocycles. The summed E-state index contributed by atoms with van der Waals surface area (Å²) in [6.07, 6.45) is -0.268. The zero-order valence-corrected chi connectivity index (χ0v) is 14.2. The van der Waals surface area contributed by atoms with E-state index in [-0.39, 0.29) is 6.10 Å². The van der Waals surface area contributed by atoms with Gasteiger partial charge in [0.15, 0.2) is 0 Å². The zero-order chi connectivity index (χ0) is 16.4. The molecule has 1 aromatic carbocycles. The molecule has 0 bridgehead atoms. The molecular weight excluding hydrogens is 288 g/mol. The maximum atomic E-state index is 9.58. The third-order valence-electron chi connectivity index (χ3n) is 4.55. The molecule has 1 aromatic heterocycles. The second-order valence-corrected chi connectivity index (χ2v) is 6.67. The molecule has 5 nitrogen and oxygen atoms in total. The van der Waals surface area contributed by atoms with E-state index in [1.165, 1.54) is 0 Å². The van der Waals surface area contributed by atoms with Crippen LogP contribution in [0.4, 0.5) is 0 Å². The van der Waals surface area contributed by atoms with E-state index in [4.69, 9.17) is 4.98 Å². The number of hydrogen-bond acceptors (Lipinski definition) is 5. The lowest BCUT2D eigenvalue weighted by molar-refractivity contribution is 0.0414. The van der Waals surface area contributed by atoms with Crippen LogP contribution >= 0.6 is 0 Å². The van der Waals surface area contributed by atoms with Crippen LogP contribution in [0.2, 0.25) is 0 Å². The van der Waals surface area contributed by atoms with E-state index in [2.05, 4.69) is 40.8 Å². The summed E-state index contributed by atoms with van der Waals surface area (Å²) in [7, 11) is 0. The Morgan fingerprint density at radius 3 is 2.78 bits per heavy atom. The first-order valence-corrected chi connectivity index (χ1v) is 8.39. The number of aliphatic hydroxyl groups excluding tert-OH is 1. The second kappa shape index (κ2) is 6.91. The van der Waals surface area contributed by atoms with Crippen LogP contribution in [-0.4, -0.2) is 63.2 Å². The first-order chi connectivity index (χ1) is 11.0. The van der Waals surface area contributed by atoms with Crippen molar-refractivity contribution in [2.75, 3.05) is 26.2 Å². The average molecular weight is 314 g/mol. The number of piperazine rings is 1. The normalized spacial score (nSPS) is 21.7. The molecule has 0 radical (unpaired) electrons. The van der Waals surface area contributed by atoms with Gasteiger partial charge in [-0.1, -0.05) is 18.2 Å². The minimum absolute atomic E-state index is 0.268. The van der Waals surface area contributed by atoms with Crippen molar-refractivity contribution in [3.05, 3.63) is 35.8 Å². The molecule has 124 valence electrons. The third kappa shape index (κ3) is 3.86. The summed E-state index contributed by atoms with van der Waals surface area (Å²) < 4.78 is 0. The Kier molecular flexibility index (Phi) is 4.90. The summed E-state index contributed by atoms with van der Waals surface area (Å²) in [6.45, 7) is 10.6. The molecule has 2 atom stereocenters. The molecule has 2 aromatic rings. The fourth-order valence-corrected chi connectivity index (χ4v) is 3.39. The Balaban J connectivity index is 1.69. The summed E-state index contributed by atoms with van der Waals surface area (Å²) in [5, 5.41) is 10.7. The smallest absolute Gasteiger partial charge is 0.143 e. The number of hydrogen-bond donors (Lipinski definition) is 1. The topological polar surface area (TPSA) is 52.5 Å². The Bertz CT molecular complexity index is 673. The Morgan fingerprint density at radius 1 is 1.26 bits per heavy atom. The maximum Gasteiger partial charge on any atom is 0.143 e. The van der Waals surface area contributed by atoms with Crippen LogP contribution in [0.15, 0.2) is 24.3 Å². The molecule has 1 aliphatic heterocycles. The third-order valence-corrected chi connectivity index (χ3v) is 4.55. The van der Waals surface area contributed by atoms with Crippen molar-refractivity contribution in [3.63, 3.8) is 0 Å². The van der Waals surface area contributed by atoms with Crippen LogP contribution in [0.3, 0.4) is 0 Å². The monoisotopic (exact) mass is 314 g/mol. The van der Waals surface area contributed by atoms with Crippen molar-refractivity contribution in [3.8, 4) is 0 Å².